The number of carbonyl (C=O) groups excluding carboxylic acids is 2. The Hall–Kier alpha value is -3.44. The van der Waals surface area contributed by atoms with Crippen LogP contribution in [0.3, 0.4) is 0 Å². The first-order valence-electron chi connectivity index (χ1n) is 9.64. The minimum absolute atomic E-state index is 0.0896. The van der Waals surface area contributed by atoms with Crippen LogP contribution in [-0.2, 0) is 16.1 Å². The Kier molecular flexibility index (Phi) is 7.57. The molecule has 160 valence electrons. The number of allylic oxidation sites excluding steroid dienone is 1. The van der Waals surface area contributed by atoms with E-state index in [0.717, 1.165) is 28.6 Å². The number of benzene rings is 2. The Bertz CT molecular complexity index is 1010. The van der Waals surface area contributed by atoms with Gasteiger partial charge in [-0.15, -0.1) is 0 Å². The number of hydrogen-bond donors (Lipinski definition) is 2. The largest absolute Gasteiger partial charge is 0.497 e. The molecule has 1 aliphatic heterocycles. The molecule has 2 aromatic rings. The van der Waals surface area contributed by atoms with Gasteiger partial charge < -0.3 is 20.1 Å². The molecule has 2 amide bonds. The van der Waals surface area contributed by atoms with Crippen molar-refractivity contribution in [2.75, 3.05) is 20.0 Å². The molecule has 0 fully saturated rings. The van der Waals surface area contributed by atoms with Gasteiger partial charge in [-0.1, -0.05) is 36.0 Å². The number of ether oxygens (including phenoxy) is 2. The lowest BCUT2D eigenvalue weighted by Crippen LogP contribution is -2.32. The van der Waals surface area contributed by atoms with Crippen molar-refractivity contribution in [1.82, 2.24) is 10.6 Å². The Morgan fingerprint density at radius 1 is 1.13 bits per heavy atom. The monoisotopic (exact) mass is 437 g/mol. The van der Waals surface area contributed by atoms with Gasteiger partial charge >= 0.3 is 0 Å². The third kappa shape index (κ3) is 5.80. The van der Waals surface area contributed by atoms with Crippen molar-refractivity contribution >= 4 is 23.6 Å². The molecule has 1 heterocycles. The number of nitrogens with one attached hydrogen (secondary N) is 2. The van der Waals surface area contributed by atoms with Crippen molar-refractivity contribution in [2.24, 2.45) is 0 Å². The third-order valence-electron chi connectivity index (χ3n) is 4.87. The van der Waals surface area contributed by atoms with E-state index in [-0.39, 0.29) is 29.9 Å². The van der Waals surface area contributed by atoms with Gasteiger partial charge in [0, 0.05) is 18.9 Å². The van der Waals surface area contributed by atoms with E-state index < -0.39 is 0 Å². The summed E-state index contributed by atoms with van der Waals surface area (Å²) >= 11 is 1.16. The molecule has 0 unspecified atom stereocenters. The van der Waals surface area contributed by atoms with Crippen LogP contribution < -0.4 is 20.1 Å². The Morgan fingerprint density at radius 2 is 1.74 bits per heavy atom. The lowest BCUT2D eigenvalue weighted by Gasteiger charge is -2.25. The van der Waals surface area contributed by atoms with Crippen LogP contribution in [0.5, 0.6) is 11.5 Å². The van der Waals surface area contributed by atoms with Gasteiger partial charge in [0.15, 0.2) is 0 Å². The zero-order valence-corrected chi connectivity index (χ0v) is 18.1. The number of hydrogen-bond acceptors (Lipinski definition) is 6. The lowest BCUT2D eigenvalue weighted by molar-refractivity contribution is -0.121. The summed E-state index contributed by atoms with van der Waals surface area (Å²) in [7, 11) is 3.18. The molecule has 0 aromatic heterocycles. The van der Waals surface area contributed by atoms with E-state index in [1.54, 1.807) is 26.4 Å². The normalized spacial score (nSPS) is 15.6. The number of methoxy groups -OCH3 is 2. The highest BCUT2D eigenvalue weighted by molar-refractivity contribution is 8.03. The Balaban J connectivity index is 1.64. The van der Waals surface area contributed by atoms with E-state index in [2.05, 4.69) is 16.7 Å². The Morgan fingerprint density at radius 3 is 2.32 bits per heavy atom. The molecule has 8 heteroatoms. The molecular weight excluding hydrogens is 414 g/mol. The summed E-state index contributed by atoms with van der Waals surface area (Å²) in [5.74, 6) is 0.823. The third-order valence-corrected chi connectivity index (χ3v) is 5.89. The molecule has 31 heavy (non-hydrogen) atoms. The molecule has 0 radical (unpaired) electrons. The molecule has 0 aliphatic carbocycles. The first-order valence-corrected chi connectivity index (χ1v) is 10.6. The van der Waals surface area contributed by atoms with Crippen molar-refractivity contribution in [3.8, 4) is 17.6 Å². The lowest BCUT2D eigenvalue weighted by atomic mass is 9.87. The summed E-state index contributed by atoms with van der Waals surface area (Å²) in [5.41, 5.74) is 2.26. The molecule has 0 saturated carbocycles. The molecule has 3 rings (SSSR count). The molecule has 0 spiro atoms. The van der Waals surface area contributed by atoms with Crippen LogP contribution >= 0.6 is 11.8 Å². The van der Waals surface area contributed by atoms with E-state index in [1.165, 1.54) is 0 Å². The molecule has 2 aromatic carbocycles. The van der Waals surface area contributed by atoms with Crippen LogP contribution in [0.4, 0.5) is 0 Å². The second-order valence-electron chi connectivity index (χ2n) is 6.85. The first-order chi connectivity index (χ1) is 15.0. The van der Waals surface area contributed by atoms with Gasteiger partial charge in [0.25, 0.3) is 0 Å². The molecular formula is C23H23N3O4S. The summed E-state index contributed by atoms with van der Waals surface area (Å²) in [5, 5.41) is 15.7. The smallest absolute Gasteiger partial charge is 0.230 e. The topological polar surface area (TPSA) is 100 Å². The van der Waals surface area contributed by atoms with Gasteiger partial charge in [0.2, 0.25) is 11.8 Å². The molecule has 0 saturated heterocycles. The average Bonchev–Trinajstić information content (AvgIpc) is 2.81. The number of rotatable bonds is 8. The molecule has 0 bridgehead atoms. The maximum absolute atomic E-state index is 12.3. The maximum Gasteiger partial charge on any atom is 0.230 e. The first kappa shape index (κ1) is 22.2. The SMILES string of the molecule is COc1ccc(CNC(=O)CSC2=C(C#N)[C@@H](c3ccc(OC)cc3)CC(=O)N2)cc1. The van der Waals surface area contributed by atoms with Crippen molar-refractivity contribution in [3.63, 3.8) is 0 Å². The van der Waals surface area contributed by atoms with Crippen molar-refractivity contribution < 1.29 is 19.1 Å². The summed E-state index contributed by atoms with van der Waals surface area (Å²) < 4.78 is 10.3. The molecule has 7 nitrogen and oxygen atoms in total. The van der Waals surface area contributed by atoms with Crippen molar-refractivity contribution in [2.45, 2.75) is 18.9 Å². The second kappa shape index (κ2) is 10.5. The zero-order chi connectivity index (χ0) is 22.2. The van der Waals surface area contributed by atoms with Gasteiger partial charge in [0.05, 0.1) is 36.6 Å². The summed E-state index contributed by atoms with van der Waals surface area (Å²) in [6.45, 7) is 0.383. The highest BCUT2D eigenvalue weighted by Gasteiger charge is 2.29. The van der Waals surface area contributed by atoms with Gasteiger partial charge in [-0.2, -0.15) is 5.26 Å². The number of amides is 2. The van der Waals surface area contributed by atoms with Crippen LogP contribution in [0.15, 0.2) is 59.1 Å². The fourth-order valence-corrected chi connectivity index (χ4v) is 4.09. The fraction of sp³-hybridized carbons (Fsp3) is 0.261. The number of carbonyl (C=O) groups is 2. The summed E-state index contributed by atoms with van der Waals surface area (Å²) in [4.78, 5) is 24.5. The van der Waals surface area contributed by atoms with Crippen molar-refractivity contribution in [3.05, 3.63) is 70.3 Å². The van der Waals surface area contributed by atoms with Crippen molar-refractivity contribution in [1.29, 1.82) is 5.26 Å². The number of nitriles is 1. The molecule has 2 N–H and O–H groups in total. The van der Waals surface area contributed by atoms with Crippen LogP contribution in [0.2, 0.25) is 0 Å². The highest BCUT2D eigenvalue weighted by Crippen LogP contribution is 2.36. The second-order valence-corrected chi connectivity index (χ2v) is 7.83. The van der Waals surface area contributed by atoms with Crippen LogP contribution in [0.1, 0.15) is 23.5 Å². The number of thioether (sulfide) groups is 1. The van der Waals surface area contributed by atoms with E-state index in [1.807, 2.05) is 36.4 Å². The van der Waals surface area contributed by atoms with E-state index >= 15 is 0 Å². The van der Waals surface area contributed by atoms with Crippen LogP contribution in [0.25, 0.3) is 0 Å². The summed E-state index contributed by atoms with van der Waals surface area (Å²) in [6.07, 6.45) is 0.183. The van der Waals surface area contributed by atoms with Crippen LogP contribution in [0, 0.1) is 11.3 Å². The Labute approximate surface area is 185 Å². The van der Waals surface area contributed by atoms with Gasteiger partial charge in [-0.3, -0.25) is 9.59 Å². The van der Waals surface area contributed by atoms with Gasteiger partial charge in [0.1, 0.15) is 11.5 Å². The highest BCUT2D eigenvalue weighted by atomic mass is 32.2. The zero-order valence-electron chi connectivity index (χ0n) is 17.3. The minimum atomic E-state index is -0.352. The van der Waals surface area contributed by atoms with E-state index in [9.17, 15) is 14.9 Å². The molecule has 1 aliphatic rings. The standard InChI is InChI=1S/C23H23N3O4S/c1-29-17-7-3-15(4-8-17)13-25-22(28)14-31-23-20(12-24)19(11-21(27)26-23)16-5-9-18(30-2)10-6-16/h3-10,19H,11,13-14H2,1-2H3,(H,25,28)(H,26,27)/t19-/m1/s1. The van der Waals surface area contributed by atoms with Gasteiger partial charge in [-0.05, 0) is 35.4 Å². The quantitative estimate of drug-likeness (QED) is 0.658. The summed E-state index contributed by atoms with van der Waals surface area (Å²) in [6, 6.07) is 16.9. The number of nitrogens with zero attached hydrogens (tertiary/aromatic N) is 1. The predicted octanol–water partition coefficient (Wildman–Crippen LogP) is 3.09. The molecule has 1 atom stereocenters. The van der Waals surface area contributed by atoms with E-state index in [4.69, 9.17) is 9.47 Å². The average molecular weight is 438 g/mol. The fourth-order valence-electron chi connectivity index (χ4n) is 3.19. The van der Waals surface area contributed by atoms with E-state index in [0.29, 0.717) is 22.9 Å². The van der Waals surface area contributed by atoms with Crippen LogP contribution in [-0.4, -0.2) is 31.8 Å². The van der Waals surface area contributed by atoms with Gasteiger partial charge in [-0.25, -0.2) is 0 Å². The minimum Gasteiger partial charge on any atom is -0.497 e. The maximum atomic E-state index is 12.3. The predicted molar refractivity (Wildman–Crippen MR) is 118 cm³/mol.